The highest BCUT2D eigenvalue weighted by molar-refractivity contribution is 5.71. The number of nitrogens with zero attached hydrogens (tertiary/aromatic N) is 4. The van der Waals surface area contributed by atoms with E-state index in [1.54, 1.807) is 6.07 Å². The quantitative estimate of drug-likeness (QED) is 0.633. The molecule has 0 aliphatic carbocycles. The van der Waals surface area contributed by atoms with Crippen LogP contribution in [0.2, 0.25) is 0 Å². The lowest BCUT2D eigenvalue weighted by atomic mass is 10.0. The van der Waals surface area contributed by atoms with Gasteiger partial charge in [-0.2, -0.15) is 4.98 Å². The molecule has 0 unspecified atom stereocenters. The Morgan fingerprint density at radius 2 is 2.26 bits per heavy atom. The zero-order chi connectivity index (χ0) is 16.4. The summed E-state index contributed by atoms with van der Waals surface area (Å²) in [5.74, 6) is 0.916. The summed E-state index contributed by atoms with van der Waals surface area (Å²) in [5, 5.41) is 15.4. The first kappa shape index (κ1) is 15.5. The molecule has 1 saturated heterocycles. The van der Waals surface area contributed by atoms with Crippen LogP contribution in [-0.4, -0.2) is 27.7 Å². The Labute approximate surface area is 134 Å². The molecule has 122 valence electrons. The summed E-state index contributed by atoms with van der Waals surface area (Å²) in [4.78, 5) is 17.6. The third-order valence-electron chi connectivity index (χ3n) is 4.32. The molecular formula is C16H20N4O3. The van der Waals surface area contributed by atoms with E-state index in [9.17, 15) is 10.1 Å². The molecule has 1 aliphatic heterocycles. The first-order chi connectivity index (χ1) is 11.1. The maximum Gasteiger partial charge on any atom is 0.293 e. The largest absolute Gasteiger partial charge is 0.363 e. The molecule has 23 heavy (non-hydrogen) atoms. The molecule has 0 amide bonds. The number of rotatable bonds is 4. The lowest BCUT2D eigenvalue weighted by Crippen LogP contribution is -2.37. The topological polar surface area (TPSA) is 85.3 Å². The van der Waals surface area contributed by atoms with Gasteiger partial charge in [-0.05, 0) is 38.3 Å². The maximum atomic E-state index is 11.5. The van der Waals surface area contributed by atoms with Gasteiger partial charge in [0.1, 0.15) is 5.69 Å². The van der Waals surface area contributed by atoms with E-state index in [4.69, 9.17) is 4.52 Å². The first-order valence-electron chi connectivity index (χ1n) is 7.98. The van der Waals surface area contributed by atoms with Crippen LogP contribution in [0.4, 0.5) is 11.4 Å². The number of anilines is 1. The van der Waals surface area contributed by atoms with E-state index in [1.807, 2.05) is 13.0 Å². The highest BCUT2D eigenvalue weighted by Gasteiger charge is 2.26. The molecule has 0 radical (unpaired) electrons. The average molecular weight is 316 g/mol. The van der Waals surface area contributed by atoms with Crippen molar-refractivity contribution >= 4 is 11.4 Å². The Kier molecular flexibility index (Phi) is 4.27. The van der Waals surface area contributed by atoms with E-state index in [2.05, 4.69) is 22.0 Å². The van der Waals surface area contributed by atoms with Crippen molar-refractivity contribution in [3.05, 3.63) is 34.1 Å². The van der Waals surface area contributed by atoms with Crippen molar-refractivity contribution in [2.45, 2.75) is 45.6 Å². The third-order valence-corrected chi connectivity index (χ3v) is 4.32. The van der Waals surface area contributed by atoms with Gasteiger partial charge < -0.3 is 9.42 Å². The van der Waals surface area contributed by atoms with Crippen LogP contribution < -0.4 is 4.90 Å². The number of hydrogen-bond acceptors (Lipinski definition) is 6. The standard InChI is InChI=1S/C16H20N4O3/c1-3-15-17-16(23-18-15)12-7-8-13(14(10-12)20(21)22)19-9-5-4-6-11(19)2/h7-8,10-11H,3-6,9H2,1-2H3/t11-/m0/s1. The van der Waals surface area contributed by atoms with Crippen molar-refractivity contribution in [2.24, 2.45) is 0 Å². The summed E-state index contributed by atoms with van der Waals surface area (Å²) in [6.45, 7) is 4.89. The molecule has 1 aromatic carbocycles. The van der Waals surface area contributed by atoms with Crippen LogP contribution in [0.15, 0.2) is 22.7 Å². The molecule has 7 nitrogen and oxygen atoms in total. The van der Waals surface area contributed by atoms with Crippen LogP contribution in [0.5, 0.6) is 0 Å². The third kappa shape index (κ3) is 3.04. The molecule has 7 heteroatoms. The van der Waals surface area contributed by atoms with Gasteiger partial charge in [0.2, 0.25) is 0 Å². The zero-order valence-electron chi connectivity index (χ0n) is 13.4. The van der Waals surface area contributed by atoms with Crippen molar-refractivity contribution in [3.63, 3.8) is 0 Å². The van der Waals surface area contributed by atoms with Crippen molar-refractivity contribution in [2.75, 3.05) is 11.4 Å². The van der Waals surface area contributed by atoms with Gasteiger partial charge >= 0.3 is 0 Å². The molecule has 2 aromatic rings. The van der Waals surface area contributed by atoms with Crippen LogP contribution >= 0.6 is 0 Å². The summed E-state index contributed by atoms with van der Waals surface area (Å²) in [6.07, 6.45) is 3.95. The fourth-order valence-electron chi connectivity index (χ4n) is 3.02. The number of hydrogen-bond donors (Lipinski definition) is 0. The molecule has 0 bridgehead atoms. The van der Waals surface area contributed by atoms with E-state index >= 15 is 0 Å². The van der Waals surface area contributed by atoms with Crippen molar-refractivity contribution < 1.29 is 9.45 Å². The number of aromatic nitrogens is 2. The van der Waals surface area contributed by atoms with E-state index in [-0.39, 0.29) is 10.6 Å². The van der Waals surface area contributed by atoms with Crippen LogP contribution in [0.25, 0.3) is 11.5 Å². The van der Waals surface area contributed by atoms with Gasteiger partial charge in [0.25, 0.3) is 11.6 Å². The first-order valence-corrected chi connectivity index (χ1v) is 7.98. The normalized spacial score (nSPS) is 18.2. The molecule has 0 saturated carbocycles. The fraction of sp³-hybridized carbons (Fsp3) is 0.500. The summed E-state index contributed by atoms with van der Waals surface area (Å²) in [5.41, 5.74) is 1.34. The fourth-order valence-corrected chi connectivity index (χ4v) is 3.02. The zero-order valence-corrected chi connectivity index (χ0v) is 13.4. The predicted molar refractivity (Wildman–Crippen MR) is 86.4 cm³/mol. The van der Waals surface area contributed by atoms with E-state index in [1.165, 1.54) is 12.5 Å². The van der Waals surface area contributed by atoms with E-state index in [0.717, 1.165) is 19.4 Å². The van der Waals surface area contributed by atoms with Crippen molar-refractivity contribution in [3.8, 4) is 11.5 Å². The number of nitro benzene ring substituents is 1. The Morgan fingerprint density at radius 3 is 2.91 bits per heavy atom. The van der Waals surface area contributed by atoms with E-state index < -0.39 is 0 Å². The highest BCUT2D eigenvalue weighted by atomic mass is 16.6. The molecule has 3 rings (SSSR count). The number of benzene rings is 1. The summed E-state index contributed by atoms with van der Waals surface area (Å²) in [7, 11) is 0. The molecule has 0 spiro atoms. The molecule has 1 atom stereocenters. The Morgan fingerprint density at radius 1 is 1.43 bits per heavy atom. The summed E-state index contributed by atoms with van der Waals surface area (Å²) < 4.78 is 5.19. The molecular weight excluding hydrogens is 296 g/mol. The van der Waals surface area contributed by atoms with Crippen LogP contribution in [0.1, 0.15) is 38.9 Å². The number of aryl methyl sites for hydroxylation is 1. The molecule has 2 heterocycles. The molecule has 1 fully saturated rings. The Bertz CT molecular complexity index is 713. The van der Waals surface area contributed by atoms with Crippen molar-refractivity contribution in [1.82, 2.24) is 10.1 Å². The molecule has 0 N–H and O–H groups in total. The van der Waals surface area contributed by atoms with Crippen molar-refractivity contribution in [1.29, 1.82) is 0 Å². The lowest BCUT2D eigenvalue weighted by Gasteiger charge is -2.35. The predicted octanol–water partition coefficient (Wildman–Crippen LogP) is 3.59. The minimum Gasteiger partial charge on any atom is -0.363 e. The lowest BCUT2D eigenvalue weighted by molar-refractivity contribution is -0.384. The minimum atomic E-state index is -0.336. The molecule has 1 aromatic heterocycles. The minimum absolute atomic E-state index is 0.0903. The Hall–Kier alpha value is -2.44. The number of nitro groups is 1. The number of piperidine rings is 1. The highest BCUT2D eigenvalue weighted by Crippen LogP contribution is 2.35. The smallest absolute Gasteiger partial charge is 0.293 e. The summed E-state index contributed by atoms with van der Waals surface area (Å²) in [6, 6.07) is 5.45. The van der Waals surface area contributed by atoms with Crippen LogP contribution in [-0.2, 0) is 6.42 Å². The van der Waals surface area contributed by atoms with Gasteiger partial charge in [-0.1, -0.05) is 12.1 Å². The maximum absolute atomic E-state index is 11.5. The second kappa shape index (κ2) is 6.36. The van der Waals surface area contributed by atoms with Gasteiger partial charge in [0.05, 0.1) is 4.92 Å². The second-order valence-electron chi connectivity index (χ2n) is 5.87. The Balaban J connectivity index is 2.00. The van der Waals surface area contributed by atoms with Gasteiger partial charge in [-0.25, -0.2) is 0 Å². The monoisotopic (exact) mass is 316 g/mol. The van der Waals surface area contributed by atoms with Gasteiger partial charge in [-0.15, -0.1) is 0 Å². The summed E-state index contributed by atoms with van der Waals surface area (Å²) >= 11 is 0. The SMILES string of the molecule is CCc1noc(-c2ccc(N3CCCC[C@@H]3C)c([N+](=O)[O-])c2)n1. The van der Waals surface area contributed by atoms with E-state index in [0.29, 0.717) is 35.4 Å². The molecule has 1 aliphatic rings. The second-order valence-corrected chi connectivity index (χ2v) is 5.87. The average Bonchev–Trinajstić information content (AvgIpc) is 3.04. The van der Waals surface area contributed by atoms with Gasteiger partial charge in [0, 0.05) is 30.6 Å². The van der Waals surface area contributed by atoms with Crippen LogP contribution in [0.3, 0.4) is 0 Å². The van der Waals surface area contributed by atoms with Gasteiger partial charge in [-0.3, -0.25) is 10.1 Å². The van der Waals surface area contributed by atoms with Gasteiger partial charge in [0.15, 0.2) is 5.82 Å². The van der Waals surface area contributed by atoms with Crippen LogP contribution in [0, 0.1) is 10.1 Å².